The molecule has 4 aromatic carbocycles. The number of anilines is 3. The maximum Gasteiger partial charge on any atom is 0.340 e. The van der Waals surface area contributed by atoms with Gasteiger partial charge < -0.3 is 20.7 Å². The predicted molar refractivity (Wildman–Crippen MR) is 148 cm³/mol. The molecule has 7 heteroatoms. The second-order valence-corrected chi connectivity index (χ2v) is 8.30. The van der Waals surface area contributed by atoms with Crippen molar-refractivity contribution in [3.63, 3.8) is 0 Å². The van der Waals surface area contributed by atoms with E-state index in [0.29, 0.717) is 11.4 Å². The van der Waals surface area contributed by atoms with Gasteiger partial charge in [-0.05, 0) is 72.2 Å². The van der Waals surface area contributed by atoms with Gasteiger partial charge in [0.25, 0.3) is 0 Å². The summed E-state index contributed by atoms with van der Waals surface area (Å²) < 4.78 is 5.16. The summed E-state index contributed by atoms with van der Waals surface area (Å²) in [5.41, 5.74) is 3.10. The lowest BCUT2D eigenvalue weighted by Gasteiger charge is -2.13. The van der Waals surface area contributed by atoms with Gasteiger partial charge in [0.05, 0.1) is 17.9 Å². The molecule has 0 saturated carbocycles. The molecule has 186 valence electrons. The zero-order chi connectivity index (χ0) is 26.2. The third-order valence-corrected chi connectivity index (χ3v) is 5.61. The highest BCUT2D eigenvalue weighted by Gasteiger charge is 2.16. The minimum absolute atomic E-state index is 0.129. The first-order chi connectivity index (χ1) is 17.9. The largest absolute Gasteiger partial charge is 0.462 e. The lowest BCUT2D eigenvalue weighted by atomic mass is 10.0. The van der Waals surface area contributed by atoms with E-state index < -0.39 is 17.9 Å². The summed E-state index contributed by atoms with van der Waals surface area (Å²) in [5, 5.41) is 10.4. The molecule has 3 amide bonds. The molecule has 0 saturated heterocycles. The van der Waals surface area contributed by atoms with Crippen LogP contribution in [0.3, 0.4) is 0 Å². The number of esters is 1. The van der Waals surface area contributed by atoms with E-state index in [1.165, 1.54) is 12.1 Å². The van der Waals surface area contributed by atoms with E-state index in [0.717, 1.165) is 21.9 Å². The number of carbonyl (C=O) groups is 3. The van der Waals surface area contributed by atoms with Gasteiger partial charge in [0, 0.05) is 17.5 Å². The van der Waals surface area contributed by atoms with Gasteiger partial charge in [-0.2, -0.15) is 0 Å². The number of ether oxygens (including phenoxy) is 1. The van der Waals surface area contributed by atoms with Gasteiger partial charge in [0.15, 0.2) is 0 Å². The van der Waals surface area contributed by atoms with Crippen molar-refractivity contribution in [2.24, 2.45) is 0 Å². The zero-order valence-electron chi connectivity index (χ0n) is 20.6. The Bertz CT molecular complexity index is 1480. The Morgan fingerprint density at radius 2 is 1.46 bits per heavy atom. The van der Waals surface area contributed by atoms with Crippen LogP contribution in [0, 0.1) is 0 Å². The van der Waals surface area contributed by atoms with Gasteiger partial charge in [0.1, 0.15) is 0 Å². The van der Waals surface area contributed by atoms with Crippen LogP contribution in [0.2, 0.25) is 0 Å². The first kappa shape index (κ1) is 25.2. The molecule has 3 N–H and O–H groups in total. The molecule has 0 fully saturated rings. The van der Waals surface area contributed by atoms with Crippen LogP contribution in [0.15, 0.2) is 97.1 Å². The molecular weight excluding hydrogens is 466 g/mol. The standard InChI is InChI=1S/C30H27N3O4/c1-3-37-29(35)26-19-25(32-30(36)31-24-11-5-4-6-12-24)15-16-27(26)33-28(34)17-20(2)22-14-13-21-9-7-8-10-23(21)18-22/h4-19H,3H2,1-2H3,(H,33,34)(H2,31,32,36)/b20-17-. The lowest BCUT2D eigenvalue weighted by Crippen LogP contribution is -2.20. The normalized spacial score (nSPS) is 11.0. The number of allylic oxidation sites excluding steroid dienone is 1. The number of benzene rings is 4. The molecule has 0 aliphatic carbocycles. The predicted octanol–water partition coefficient (Wildman–Crippen LogP) is 6.70. The van der Waals surface area contributed by atoms with Gasteiger partial charge in [0.2, 0.25) is 5.91 Å². The minimum atomic E-state index is -0.611. The molecule has 0 aromatic heterocycles. The topological polar surface area (TPSA) is 96.5 Å². The van der Waals surface area contributed by atoms with Crippen LogP contribution < -0.4 is 16.0 Å². The monoisotopic (exact) mass is 493 g/mol. The van der Waals surface area contributed by atoms with Crippen molar-refractivity contribution < 1.29 is 19.1 Å². The number of fused-ring (bicyclic) bond motifs is 1. The van der Waals surface area contributed by atoms with Crippen molar-refractivity contribution in [3.8, 4) is 0 Å². The number of carbonyl (C=O) groups excluding carboxylic acids is 3. The fourth-order valence-electron chi connectivity index (χ4n) is 3.81. The molecule has 0 bridgehead atoms. The van der Waals surface area contributed by atoms with Crippen LogP contribution in [0.25, 0.3) is 16.3 Å². The number of rotatable bonds is 7. The molecule has 0 radical (unpaired) electrons. The molecule has 4 aromatic rings. The quantitative estimate of drug-likeness (QED) is 0.197. The Kier molecular flexibility index (Phi) is 7.95. The molecule has 0 aliphatic rings. The molecule has 7 nitrogen and oxygen atoms in total. The summed E-state index contributed by atoms with van der Waals surface area (Å²) in [6, 6.07) is 27.2. The van der Waals surface area contributed by atoms with Crippen LogP contribution in [-0.2, 0) is 9.53 Å². The third-order valence-electron chi connectivity index (χ3n) is 5.61. The van der Waals surface area contributed by atoms with E-state index in [-0.39, 0.29) is 17.9 Å². The summed E-state index contributed by atoms with van der Waals surface area (Å²) in [4.78, 5) is 37.8. The summed E-state index contributed by atoms with van der Waals surface area (Å²) in [5.74, 6) is -1.00. The summed E-state index contributed by atoms with van der Waals surface area (Å²) in [6.45, 7) is 3.72. The van der Waals surface area contributed by atoms with Crippen LogP contribution in [-0.4, -0.2) is 24.5 Å². The lowest BCUT2D eigenvalue weighted by molar-refractivity contribution is -0.111. The number of urea groups is 1. The van der Waals surface area contributed by atoms with Crippen LogP contribution >= 0.6 is 0 Å². The number of nitrogens with one attached hydrogen (secondary N) is 3. The van der Waals surface area contributed by atoms with E-state index in [9.17, 15) is 14.4 Å². The first-order valence-electron chi connectivity index (χ1n) is 11.9. The number of para-hydroxylation sites is 1. The second kappa shape index (κ2) is 11.7. The Hall–Kier alpha value is -4.91. The molecule has 0 aliphatic heterocycles. The Morgan fingerprint density at radius 3 is 2.22 bits per heavy atom. The van der Waals surface area contributed by atoms with Crippen molar-refractivity contribution in [1.82, 2.24) is 0 Å². The van der Waals surface area contributed by atoms with E-state index in [2.05, 4.69) is 16.0 Å². The number of hydrogen-bond acceptors (Lipinski definition) is 4. The van der Waals surface area contributed by atoms with Crippen LogP contribution in [0.1, 0.15) is 29.8 Å². The highest BCUT2D eigenvalue weighted by molar-refractivity contribution is 6.09. The smallest absolute Gasteiger partial charge is 0.340 e. The maximum atomic E-state index is 12.8. The molecule has 0 heterocycles. The van der Waals surface area contributed by atoms with Crippen LogP contribution in [0.5, 0.6) is 0 Å². The fourth-order valence-corrected chi connectivity index (χ4v) is 3.81. The van der Waals surface area contributed by atoms with E-state index in [1.54, 1.807) is 31.2 Å². The van der Waals surface area contributed by atoms with Crippen molar-refractivity contribution in [1.29, 1.82) is 0 Å². The Labute approximate surface area is 215 Å². The van der Waals surface area contributed by atoms with Crippen molar-refractivity contribution in [2.45, 2.75) is 13.8 Å². The van der Waals surface area contributed by atoms with Gasteiger partial charge in [-0.25, -0.2) is 9.59 Å². The maximum absolute atomic E-state index is 12.8. The fraction of sp³-hybridized carbons (Fsp3) is 0.100. The summed E-state index contributed by atoms with van der Waals surface area (Å²) in [6.07, 6.45) is 1.48. The van der Waals surface area contributed by atoms with Gasteiger partial charge in [-0.3, -0.25) is 4.79 Å². The van der Waals surface area contributed by atoms with E-state index >= 15 is 0 Å². The van der Waals surface area contributed by atoms with Gasteiger partial charge in [-0.15, -0.1) is 0 Å². The van der Waals surface area contributed by atoms with E-state index in [4.69, 9.17) is 4.74 Å². The van der Waals surface area contributed by atoms with Crippen molar-refractivity contribution >= 4 is 51.3 Å². The minimum Gasteiger partial charge on any atom is -0.462 e. The third kappa shape index (κ3) is 6.61. The number of amides is 3. The second-order valence-electron chi connectivity index (χ2n) is 8.30. The number of hydrogen-bond donors (Lipinski definition) is 3. The average Bonchev–Trinajstić information content (AvgIpc) is 2.89. The molecule has 4 rings (SSSR count). The van der Waals surface area contributed by atoms with Crippen molar-refractivity contribution in [3.05, 3.63) is 108 Å². The molecular formula is C30H27N3O4. The van der Waals surface area contributed by atoms with Crippen molar-refractivity contribution in [2.75, 3.05) is 22.6 Å². The molecule has 0 spiro atoms. The first-order valence-corrected chi connectivity index (χ1v) is 11.9. The van der Waals surface area contributed by atoms with Gasteiger partial charge >= 0.3 is 12.0 Å². The Balaban J connectivity index is 1.51. The average molecular weight is 494 g/mol. The molecule has 0 atom stereocenters. The summed E-state index contributed by atoms with van der Waals surface area (Å²) >= 11 is 0. The molecule has 0 unspecified atom stereocenters. The van der Waals surface area contributed by atoms with E-state index in [1.807, 2.05) is 67.6 Å². The molecule has 37 heavy (non-hydrogen) atoms. The van der Waals surface area contributed by atoms with Crippen LogP contribution in [0.4, 0.5) is 21.9 Å². The van der Waals surface area contributed by atoms with Gasteiger partial charge in [-0.1, -0.05) is 54.6 Å². The SMILES string of the molecule is CCOC(=O)c1cc(NC(=O)Nc2ccccc2)ccc1NC(=O)/C=C(/C)c1ccc2ccccc2c1. The Morgan fingerprint density at radius 1 is 0.757 bits per heavy atom. The highest BCUT2D eigenvalue weighted by Crippen LogP contribution is 2.24. The highest BCUT2D eigenvalue weighted by atomic mass is 16.5. The zero-order valence-corrected chi connectivity index (χ0v) is 20.6. The summed E-state index contributed by atoms with van der Waals surface area (Å²) in [7, 11) is 0.